The largest absolute Gasteiger partial charge is 0.310 e. The van der Waals surface area contributed by atoms with Crippen LogP contribution in [0.15, 0.2) is 4.79 Å². The predicted octanol–water partition coefficient (Wildman–Crippen LogP) is 2.87. The summed E-state index contributed by atoms with van der Waals surface area (Å²) in [5.41, 5.74) is 1.11. The number of H-pyrrole nitrogens is 1. The maximum absolute atomic E-state index is 12.0. The molecular weight excluding hydrogens is 220 g/mol. The minimum atomic E-state index is 0.0359. The van der Waals surface area contributed by atoms with Crippen molar-refractivity contribution < 1.29 is 0 Å². The fourth-order valence-electron chi connectivity index (χ4n) is 2.15. The van der Waals surface area contributed by atoms with Gasteiger partial charge in [-0.2, -0.15) is 0 Å². The minimum absolute atomic E-state index is 0.0359. The molecule has 1 aliphatic rings. The summed E-state index contributed by atoms with van der Waals surface area (Å²) in [6, 6.07) is 0. The molecule has 84 valence electrons. The fraction of sp³-hybridized carbons (Fsp3) is 0.500. The predicted molar refractivity (Wildman–Crippen MR) is 66.3 cm³/mol. The van der Waals surface area contributed by atoms with E-state index in [4.69, 9.17) is 0 Å². The van der Waals surface area contributed by atoms with E-state index in [-0.39, 0.29) is 5.56 Å². The van der Waals surface area contributed by atoms with E-state index in [1.54, 1.807) is 11.3 Å². The van der Waals surface area contributed by atoms with Gasteiger partial charge in [0.05, 0.1) is 5.39 Å². The molecular formula is C12H14N2OS. The van der Waals surface area contributed by atoms with Gasteiger partial charge in [0.1, 0.15) is 10.7 Å². The van der Waals surface area contributed by atoms with Crippen LogP contribution in [-0.4, -0.2) is 9.97 Å². The molecule has 2 aromatic rings. The van der Waals surface area contributed by atoms with E-state index in [0.717, 1.165) is 34.4 Å². The maximum atomic E-state index is 12.0. The number of aromatic amines is 1. The van der Waals surface area contributed by atoms with E-state index in [9.17, 15) is 4.79 Å². The Labute approximate surface area is 97.5 Å². The van der Waals surface area contributed by atoms with Crippen LogP contribution in [0.5, 0.6) is 0 Å². The van der Waals surface area contributed by atoms with Crippen molar-refractivity contribution in [1.29, 1.82) is 0 Å². The molecule has 4 heteroatoms. The maximum Gasteiger partial charge on any atom is 0.259 e. The van der Waals surface area contributed by atoms with Gasteiger partial charge in [0.2, 0.25) is 0 Å². The summed E-state index contributed by atoms with van der Waals surface area (Å²) in [6.45, 7) is 4.04. The lowest BCUT2D eigenvalue weighted by Crippen LogP contribution is -2.18. The lowest BCUT2D eigenvalue weighted by Gasteiger charge is -2.23. The molecule has 1 fully saturated rings. The van der Waals surface area contributed by atoms with Gasteiger partial charge in [-0.25, -0.2) is 4.98 Å². The van der Waals surface area contributed by atoms with Crippen LogP contribution >= 0.6 is 11.3 Å². The van der Waals surface area contributed by atoms with Gasteiger partial charge in [0.25, 0.3) is 5.56 Å². The molecule has 1 aliphatic carbocycles. The Kier molecular flexibility index (Phi) is 2.14. The van der Waals surface area contributed by atoms with E-state index in [0.29, 0.717) is 5.92 Å². The number of fused-ring (bicyclic) bond motifs is 1. The monoisotopic (exact) mass is 234 g/mol. The van der Waals surface area contributed by atoms with E-state index in [1.807, 2.05) is 13.8 Å². The van der Waals surface area contributed by atoms with Gasteiger partial charge in [-0.05, 0) is 32.3 Å². The number of hydrogen-bond acceptors (Lipinski definition) is 3. The van der Waals surface area contributed by atoms with Gasteiger partial charge in [-0.15, -0.1) is 11.3 Å². The van der Waals surface area contributed by atoms with Crippen LogP contribution < -0.4 is 5.56 Å². The average Bonchev–Trinajstić information content (AvgIpc) is 2.39. The van der Waals surface area contributed by atoms with Crippen molar-refractivity contribution in [2.24, 2.45) is 0 Å². The van der Waals surface area contributed by atoms with Gasteiger partial charge in [-0.1, -0.05) is 6.42 Å². The van der Waals surface area contributed by atoms with Crippen LogP contribution in [-0.2, 0) is 0 Å². The second kappa shape index (κ2) is 3.42. The summed E-state index contributed by atoms with van der Waals surface area (Å²) in [5, 5.41) is 0.783. The Bertz CT molecular complexity index is 607. The highest BCUT2D eigenvalue weighted by Crippen LogP contribution is 2.35. The van der Waals surface area contributed by atoms with E-state index in [2.05, 4.69) is 9.97 Å². The summed E-state index contributed by atoms with van der Waals surface area (Å²) in [4.78, 5) is 21.6. The Balaban J connectivity index is 2.26. The molecule has 2 aromatic heterocycles. The zero-order chi connectivity index (χ0) is 11.3. The van der Waals surface area contributed by atoms with Crippen molar-refractivity contribution in [2.45, 2.75) is 39.0 Å². The van der Waals surface area contributed by atoms with Gasteiger partial charge >= 0.3 is 0 Å². The summed E-state index contributed by atoms with van der Waals surface area (Å²) in [6.07, 6.45) is 3.59. The molecule has 2 heterocycles. The standard InChI is InChI=1S/C12H14N2OS/c1-6-7(2)16-12-9(6)11(15)13-10(14-12)8-4-3-5-8/h8H,3-5H2,1-2H3,(H,13,14,15). The van der Waals surface area contributed by atoms with Crippen LogP contribution in [0.3, 0.4) is 0 Å². The molecule has 0 spiro atoms. The first-order valence-electron chi connectivity index (χ1n) is 5.66. The summed E-state index contributed by atoms with van der Waals surface area (Å²) < 4.78 is 0. The van der Waals surface area contributed by atoms with Gasteiger partial charge in [0, 0.05) is 10.8 Å². The highest BCUT2D eigenvalue weighted by atomic mass is 32.1. The Morgan fingerprint density at radius 2 is 2.12 bits per heavy atom. The molecule has 0 amide bonds. The number of hydrogen-bond donors (Lipinski definition) is 1. The normalized spacial score (nSPS) is 16.6. The van der Waals surface area contributed by atoms with E-state index >= 15 is 0 Å². The number of nitrogens with zero attached hydrogens (tertiary/aromatic N) is 1. The quantitative estimate of drug-likeness (QED) is 0.824. The summed E-state index contributed by atoms with van der Waals surface area (Å²) in [7, 11) is 0. The van der Waals surface area contributed by atoms with Crippen molar-refractivity contribution >= 4 is 21.6 Å². The van der Waals surface area contributed by atoms with Crippen LogP contribution in [0.4, 0.5) is 0 Å². The SMILES string of the molecule is Cc1sc2nc(C3CCC3)[nH]c(=O)c2c1C. The molecule has 0 saturated heterocycles. The van der Waals surface area contributed by atoms with Gasteiger partial charge in [0.15, 0.2) is 0 Å². The number of rotatable bonds is 1. The molecule has 0 atom stereocenters. The van der Waals surface area contributed by atoms with Crippen LogP contribution in [0.1, 0.15) is 41.4 Å². The highest BCUT2D eigenvalue weighted by Gasteiger charge is 2.23. The Morgan fingerprint density at radius 3 is 2.75 bits per heavy atom. The van der Waals surface area contributed by atoms with Crippen LogP contribution in [0.25, 0.3) is 10.2 Å². The van der Waals surface area contributed by atoms with E-state index < -0.39 is 0 Å². The molecule has 0 bridgehead atoms. The van der Waals surface area contributed by atoms with Crippen LogP contribution in [0.2, 0.25) is 0 Å². The molecule has 3 rings (SSSR count). The third-order valence-electron chi connectivity index (χ3n) is 3.55. The zero-order valence-electron chi connectivity index (χ0n) is 9.46. The van der Waals surface area contributed by atoms with E-state index in [1.165, 1.54) is 11.3 Å². The second-order valence-electron chi connectivity index (χ2n) is 4.54. The summed E-state index contributed by atoms with van der Waals surface area (Å²) >= 11 is 1.63. The molecule has 1 N–H and O–H groups in total. The molecule has 3 nitrogen and oxygen atoms in total. The lowest BCUT2D eigenvalue weighted by molar-refractivity contribution is 0.402. The number of thiophene rings is 1. The highest BCUT2D eigenvalue weighted by molar-refractivity contribution is 7.18. The number of nitrogens with one attached hydrogen (secondary N) is 1. The molecule has 16 heavy (non-hydrogen) atoms. The number of aryl methyl sites for hydroxylation is 2. The van der Waals surface area contributed by atoms with Crippen molar-refractivity contribution in [3.05, 3.63) is 26.6 Å². The average molecular weight is 234 g/mol. The van der Waals surface area contributed by atoms with Crippen molar-refractivity contribution in [3.8, 4) is 0 Å². The lowest BCUT2D eigenvalue weighted by atomic mass is 9.85. The second-order valence-corrected chi connectivity index (χ2v) is 5.75. The molecule has 0 aromatic carbocycles. The molecule has 0 unspecified atom stereocenters. The minimum Gasteiger partial charge on any atom is -0.310 e. The first kappa shape index (κ1) is 10.0. The van der Waals surface area contributed by atoms with Crippen molar-refractivity contribution in [3.63, 3.8) is 0 Å². The molecule has 1 saturated carbocycles. The third kappa shape index (κ3) is 1.33. The molecule has 0 radical (unpaired) electrons. The summed E-state index contributed by atoms with van der Waals surface area (Å²) in [5.74, 6) is 1.38. The fourth-order valence-corrected chi connectivity index (χ4v) is 3.18. The first-order chi connectivity index (χ1) is 7.66. The van der Waals surface area contributed by atoms with Gasteiger partial charge < -0.3 is 4.98 Å². The first-order valence-corrected chi connectivity index (χ1v) is 6.48. The molecule has 0 aliphatic heterocycles. The Hall–Kier alpha value is -1.16. The number of aromatic nitrogens is 2. The Morgan fingerprint density at radius 1 is 1.38 bits per heavy atom. The third-order valence-corrected chi connectivity index (χ3v) is 4.65. The topological polar surface area (TPSA) is 45.8 Å². The van der Waals surface area contributed by atoms with Gasteiger partial charge in [-0.3, -0.25) is 4.79 Å². The zero-order valence-corrected chi connectivity index (χ0v) is 10.3. The van der Waals surface area contributed by atoms with Crippen molar-refractivity contribution in [2.75, 3.05) is 0 Å². The smallest absolute Gasteiger partial charge is 0.259 e. The van der Waals surface area contributed by atoms with Crippen molar-refractivity contribution in [1.82, 2.24) is 9.97 Å². The van der Waals surface area contributed by atoms with Crippen LogP contribution in [0, 0.1) is 13.8 Å².